The Kier molecular flexibility index (Phi) is 4.05. The smallest absolute Gasteiger partial charge is 0.159 e. The van der Waals surface area contributed by atoms with Crippen LogP contribution in [0.3, 0.4) is 0 Å². The standard InChI is InChI=1S/C16H15FOS/c1-10-4-6-14(8-11(10)2)19-16-7-5-13(12(3)18)9-15(16)17/h4-9H,1-3H3. The van der Waals surface area contributed by atoms with Crippen molar-refractivity contribution in [2.75, 3.05) is 0 Å². The molecule has 0 N–H and O–H groups in total. The van der Waals surface area contributed by atoms with E-state index in [1.807, 2.05) is 32.0 Å². The quantitative estimate of drug-likeness (QED) is 0.748. The summed E-state index contributed by atoms with van der Waals surface area (Å²) in [6, 6.07) is 10.7. The van der Waals surface area contributed by atoms with Crippen molar-refractivity contribution in [1.29, 1.82) is 0 Å². The number of benzene rings is 2. The van der Waals surface area contributed by atoms with Crippen LogP contribution in [-0.2, 0) is 0 Å². The summed E-state index contributed by atoms with van der Waals surface area (Å²) >= 11 is 1.37. The van der Waals surface area contributed by atoms with Crippen LogP contribution >= 0.6 is 11.8 Å². The van der Waals surface area contributed by atoms with Crippen LogP contribution in [0.15, 0.2) is 46.2 Å². The Bertz CT molecular complexity index is 635. The fourth-order valence-corrected chi connectivity index (χ4v) is 2.63. The number of aryl methyl sites for hydroxylation is 2. The van der Waals surface area contributed by atoms with Gasteiger partial charge in [-0.2, -0.15) is 0 Å². The molecule has 1 nitrogen and oxygen atoms in total. The third kappa shape index (κ3) is 3.24. The molecule has 0 atom stereocenters. The first-order valence-electron chi connectivity index (χ1n) is 6.03. The molecule has 0 radical (unpaired) electrons. The Morgan fingerprint density at radius 1 is 1.05 bits per heavy atom. The van der Waals surface area contributed by atoms with Crippen LogP contribution in [0.1, 0.15) is 28.4 Å². The Labute approximate surface area is 116 Å². The van der Waals surface area contributed by atoms with Crippen molar-refractivity contribution in [3.8, 4) is 0 Å². The maximum atomic E-state index is 13.9. The van der Waals surface area contributed by atoms with E-state index in [0.29, 0.717) is 10.5 Å². The first kappa shape index (κ1) is 13.8. The maximum Gasteiger partial charge on any atom is 0.159 e. The van der Waals surface area contributed by atoms with Gasteiger partial charge in [0.2, 0.25) is 0 Å². The Morgan fingerprint density at radius 2 is 1.79 bits per heavy atom. The van der Waals surface area contributed by atoms with Gasteiger partial charge in [-0.15, -0.1) is 0 Å². The highest BCUT2D eigenvalue weighted by atomic mass is 32.2. The van der Waals surface area contributed by atoms with Crippen LogP contribution in [0, 0.1) is 19.7 Å². The first-order chi connectivity index (χ1) is 8.97. The monoisotopic (exact) mass is 274 g/mol. The number of hydrogen-bond acceptors (Lipinski definition) is 2. The number of rotatable bonds is 3. The first-order valence-corrected chi connectivity index (χ1v) is 6.84. The second kappa shape index (κ2) is 5.57. The summed E-state index contributed by atoms with van der Waals surface area (Å²) in [5, 5.41) is 0. The lowest BCUT2D eigenvalue weighted by molar-refractivity contribution is 0.101. The normalized spacial score (nSPS) is 10.5. The molecule has 2 rings (SSSR count). The van der Waals surface area contributed by atoms with E-state index in [1.54, 1.807) is 12.1 Å². The molecule has 0 saturated carbocycles. The van der Waals surface area contributed by atoms with Crippen LogP contribution < -0.4 is 0 Å². The zero-order chi connectivity index (χ0) is 14.0. The molecule has 0 heterocycles. The topological polar surface area (TPSA) is 17.1 Å². The molecule has 0 aromatic heterocycles. The molecule has 0 fully saturated rings. The highest BCUT2D eigenvalue weighted by Gasteiger charge is 2.08. The molecule has 0 aliphatic rings. The summed E-state index contributed by atoms with van der Waals surface area (Å²) < 4.78 is 13.9. The van der Waals surface area contributed by atoms with Crippen LogP contribution in [0.25, 0.3) is 0 Å². The minimum absolute atomic E-state index is 0.123. The van der Waals surface area contributed by atoms with E-state index in [-0.39, 0.29) is 11.6 Å². The fourth-order valence-electron chi connectivity index (χ4n) is 1.71. The van der Waals surface area contributed by atoms with Gasteiger partial charge in [-0.05, 0) is 56.2 Å². The van der Waals surface area contributed by atoms with E-state index in [0.717, 1.165) is 4.90 Å². The number of carbonyl (C=O) groups is 1. The third-order valence-electron chi connectivity index (χ3n) is 3.04. The lowest BCUT2D eigenvalue weighted by atomic mass is 10.1. The van der Waals surface area contributed by atoms with Crippen LogP contribution in [0.2, 0.25) is 0 Å². The van der Waals surface area contributed by atoms with Crippen molar-refractivity contribution >= 4 is 17.5 Å². The minimum atomic E-state index is -0.351. The van der Waals surface area contributed by atoms with Crippen LogP contribution in [0.4, 0.5) is 4.39 Å². The maximum absolute atomic E-state index is 13.9. The summed E-state index contributed by atoms with van der Waals surface area (Å²) in [7, 11) is 0. The molecule has 98 valence electrons. The van der Waals surface area contributed by atoms with Gasteiger partial charge in [-0.1, -0.05) is 23.9 Å². The summed E-state index contributed by atoms with van der Waals surface area (Å²) in [5.41, 5.74) is 2.81. The van der Waals surface area contributed by atoms with Crippen LogP contribution in [-0.4, -0.2) is 5.78 Å². The zero-order valence-corrected chi connectivity index (χ0v) is 12.0. The average molecular weight is 274 g/mol. The Hall–Kier alpha value is -1.61. The van der Waals surface area contributed by atoms with Crippen molar-refractivity contribution in [1.82, 2.24) is 0 Å². The van der Waals surface area contributed by atoms with E-state index in [9.17, 15) is 9.18 Å². The summed E-state index contributed by atoms with van der Waals surface area (Å²) in [5.74, 6) is -0.474. The van der Waals surface area contributed by atoms with Gasteiger partial charge in [0.15, 0.2) is 5.78 Å². The van der Waals surface area contributed by atoms with E-state index in [2.05, 4.69) is 0 Å². The number of halogens is 1. The molecule has 2 aromatic rings. The molecule has 0 saturated heterocycles. The third-order valence-corrected chi connectivity index (χ3v) is 4.09. The van der Waals surface area contributed by atoms with Gasteiger partial charge in [0.1, 0.15) is 5.82 Å². The molecule has 0 aliphatic carbocycles. The predicted octanol–water partition coefficient (Wildman–Crippen LogP) is 4.80. The van der Waals surface area contributed by atoms with Gasteiger partial charge in [0, 0.05) is 15.4 Å². The van der Waals surface area contributed by atoms with Crippen molar-refractivity contribution in [2.24, 2.45) is 0 Å². The second-order valence-electron chi connectivity index (χ2n) is 4.55. The Morgan fingerprint density at radius 3 is 2.37 bits per heavy atom. The highest BCUT2D eigenvalue weighted by molar-refractivity contribution is 7.99. The van der Waals surface area contributed by atoms with Crippen molar-refractivity contribution in [3.63, 3.8) is 0 Å². The number of hydrogen-bond donors (Lipinski definition) is 0. The van der Waals surface area contributed by atoms with E-state index in [4.69, 9.17) is 0 Å². The molecule has 2 aromatic carbocycles. The van der Waals surface area contributed by atoms with Crippen molar-refractivity contribution < 1.29 is 9.18 Å². The molecule has 0 bridgehead atoms. The second-order valence-corrected chi connectivity index (χ2v) is 5.66. The number of ketones is 1. The molecule has 0 amide bonds. The van der Waals surface area contributed by atoms with Crippen molar-refractivity contribution in [2.45, 2.75) is 30.6 Å². The number of carbonyl (C=O) groups excluding carboxylic acids is 1. The molecule has 19 heavy (non-hydrogen) atoms. The zero-order valence-electron chi connectivity index (χ0n) is 11.2. The van der Waals surface area contributed by atoms with E-state index in [1.165, 1.54) is 35.9 Å². The molecular weight excluding hydrogens is 259 g/mol. The Balaban J connectivity index is 2.28. The SMILES string of the molecule is CC(=O)c1ccc(Sc2ccc(C)c(C)c2)c(F)c1. The van der Waals surface area contributed by atoms with Crippen LogP contribution in [0.5, 0.6) is 0 Å². The molecule has 0 spiro atoms. The summed E-state index contributed by atoms with van der Waals surface area (Å²) in [6.45, 7) is 5.52. The fraction of sp³-hybridized carbons (Fsp3) is 0.188. The van der Waals surface area contributed by atoms with Gasteiger partial charge in [-0.3, -0.25) is 4.79 Å². The lowest BCUT2D eigenvalue weighted by Gasteiger charge is -2.07. The van der Waals surface area contributed by atoms with E-state index >= 15 is 0 Å². The summed E-state index contributed by atoms with van der Waals surface area (Å²) in [4.78, 5) is 12.7. The predicted molar refractivity (Wildman–Crippen MR) is 76.4 cm³/mol. The van der Waals surface area contributed by atoms with Gasteiger partial charge in [0.25, 0.3) is 0 Å². The molecule has 0 unspecified atom stereocenters. The number of Topliss-reactive ketones (excluding diaryl/α,β-unsaturated/α-hetero) is 1. The molecule has 0 aliphatic heterocycles. The average Bonchev–Trinajstić information content (AvgIpc) is 2.36. The molecule has 3 heteroatoms. The lowest BCUT2D eigenvalue weighted by Crippen LogP contribution is -1.93. The summed E-state index contributed by atoms with van der Waals surface area (Å²) in [6.07, 6.45) is 0. The van der Waals surface area contributed by atoms with E-state index < -0.39 is 0 Å². The largest absolute Gasteiger partial charge is 0.295 e. The van der Waals surface area contributed by atoms with Gasteiger partial charge in [-0.25, -0.2) is 4.39 Å². The highest BCUT2D eigenvalue weighted by Crippen LogP contribution is 2.31. The van der Waals surface area contributed by atoms with Gasteiger partial charge >= 0.3 is 0 Å². The molecular formula is C16H15FOS. The minimum Gasteiger partial charge on any atom is -0.295 e. The van der Waals surface area contributed by atoms with Gasteiger partial charge in [0.05, 0.1) is 0 Å². The van der Waals surface area contributed by atoms with Gasteiger partial charge < -0.3 is 0 Å². The van der Waals surface area contributed by atoms with Crippen molar-refractivity contribution in [3.05, 3.63) is 58.9 Å².